The molecule has 0 fully saturated rings. The van der Waals surface area contributed by atoms with Gasteiger partial charge < -0.3 is 18.5 Å². The Morgan fingerprint density at radius 1 is 1.00 bits per heavy atom. The maximum absolute atomic E-state index is 12.6. The van der Waals surface area contributed by atoms with Gasteiger partial charge >= 0.3 is 13.6 Å². The monoisotopic (exact) mass is 296 g/mol. The van der Waals surface area contributed by atoms with Gasteiger partial charge in [-0.3, -0.25) is 4.57 Å². The Labute approximate surface area is 115 Å². The summed E-state index contributed by atoms with van der Waals surface area (Å²) in [6.45, 7) is 8.01. The Hall–Kier alpha value is -0.420. The molecule has 0 heterocycles. The van der Waals surface area contributed by atoms with E-state index < -0.39 is 19.4 Å². The van der Waals surface area contributed by atoms with Gasteiger partial charge in [-0.15, -0.1) is 0 Å². The molecule has 0 aliphatic carbocycles. The lowest BCUT2D eigenvalue weighted by Gasteiger charge is -2.24. The molecule has 1 unspecified atom stereocenters. The molecule has 0 bridgehead atoms. The molecule has 0 radical (unpaired) electrons. The van der Waals surface area contributed by atoms with E-state index in [1.807, 2.05) is 13.8 Å². The summed E-state index contributed by atoms with van der Waals surface area (Å²) in [5, 5.41) is 0. The average molecular weight is 296 g/mol. The minimum Gasteiger partial charge on any atom is -0.463 e. The average Bonchev–Trinajstić information content (AvgIpc) is 2.37. The molecule has 0 N–H and O–H groups in total. The topological polar surface area (TPSA) is 71.1 Å². The van der Waals surface area contributed by atoms with Crippen LogP contribution in [0, 0.1) is 0 Å². The van der Waals surface area contributed by atoms with Crippen molar-refractivity contribution in [2.45, 2.75) is 46.4 Å². The number of ether oxygens (including phenoxy) is 2. The van der Waals surface area contributed by atoms with Gasteiger partial charge in [0.2, 0.25) is 0 Å². The molecule has 0 saturated heterocycles. The second-order valence-electron chi connectivity index (χ2n) is 3.77. The van der Waals surface area contributed by atoms with E-state index in [1.54, 1.807) is 13.8 Å². The maximum Gasteiger partial charge on any atom is 0.370 e. The standard InChI is InChI=1S/C12H25O6P/c1-5-9-15-11(13)12(16-10-6-2)19(14,17-7-3)18-8-4/h12H,5-10H2,1-4H3. The first-order chi connectivity index (χ1) is 9.05. The fourth-order valence-electron chi connectivity index (χ4n) is 1.32. The first-order valence-corrected chi connectivity index (χ1v) is 8.33. The van der Waals surface area contributed by atoms with Gasteiger partial charge in [-0.2, -0.15) is 0 Å². The van der Waals surface area contributed by atoms with Gasteiger partial charge in [0, 0.05) is 6.61 Å². The lowest BCUT2D eigenvalue weighted by molar-refractivity contribution is -0.153. The van der Waals surface area contributed by atoms with Crippen LogP contribution in [0.25, 0.3) is 0 Å². The van der Waals surface area contributed by atoms with Gasteiger partial charge in [0.1, 0.15) is 0 Å². The molecule has 0 spiro atoms. The maximum atomic E-state index is 12.6. The highest BCUT2D eigenvalue weighted by Gasteiger charge is 2.43. The first-order valence-electron chi connectivity index (χ1n) is 6.72. The molecule has 7 heteroatoms. The van der Waals surface area contributed by atoms with Crippen molar-refractivity contribution in [2.75, 3.05) is 26.4 Å². The minimum absolute atomic E-state index is 0.171. The summed E-state index contributed by atoms with van der Waals surface area (Å²) in [5.74, 6) is -2.00. The Balaban J connectivity index is 4.94. The summed E-state index contributed by atoms with van der Waals surface area (Å²) in [5.41, 5.74) is 0. The Bertz CT molecular complexity index is 284. The Morgan fingerprint density at radius 2 is 1.53 bits per heavy atom. The molecule has 114 valence electrons. The van der Waals surface area contributed by atoms with Crippen molar-refractivity contribution < 1.29 is 27.9 Å². The van der Waals surface area contributed by atoms with E-state index >= 15 is 0 Å². The molecule has 0 saturated carbocycles. The number of esters is 1. The zero-order valence-electron chi connectivity index (χ0n) is 12.2. The van der Waals surface area contributed by atoms with Crippen molar-refractivity contribution in [1.29, 1.82) is 0 Å². The smallest absolute Gasteiger partial charge is 0.370 e. The first kappa shape index (κ1) is 18.6. The summed E-state index contributed by atoms with van der Waals surface area (Å²) in [6.07, 6.45) is 1.37. The number of hydrogen-bond acceptors (Lipinski definition) is 6. The van der Waals surface area contributed by atoms with Crippen LogP contribution in [0.5, 0.6) is 0 Å². The predicted molar refractivity (Wildman–Crippen MR) is 72.1 cm³/mol. The van der Waals surface area contributed by atoms with E-state index in [9.17, 15) is 9.36 Å². The molecule has 0 aromatic rings. The molecular weight excluding hydrogens is 271 g/mol. The lowest BCUT2D eigenvalue weighted by Crippen LogP contribution is -2.29. The van der Waals surface area contributed by atoms with E-state index in [2.05, 4.69) is 0 Å². The second kappa shape index (κ2) is 10.4. The van der Waals surface area contributed by atoms with Crippen molar-refractivity contribution >= 4 is 13.6 Å². The number of rotatable bonds is 11. The van der Waals surface area contributed by atoms with Gasteiger partial charge in [-0.1, -0.05) is 13.8 Å². The highest BCUT2D eigenvalue weighted by molar-refractivity contribution is 7.55. The predicted octanol–water partition coefficient (Wildman–Crippen LogP) is 2.96. The summed E-state index contributed by atoms with van der Waals surface area (Å²) >= 11 is 0. The van der Waals surface area contributed by atoms with Crippen molar-refractivity contribution in [3.05, 3.63) is 0 Å². The van der Waals surface area contributed by atoms with Gasteiger partial charge in [0.25, 0.3) is 5.85 Å². The molecule has 0 aliphatic heterocycles. The highest BCUT2D eigenvalue weighted by atomic mass is 31.2. The van der Waals surface area contributed by atoms with Crippen molar-refractivity contribution in [2.24, 2.45) is 0 Å². The highest BCUT2D eigenvalue weighted by Crippen LogP contribution is 2.53. The molecule has 0 aliphatic rings. The number of hydrogen-bond donors (Lipinski definition) is 0. The van der Waals surface area contributed by atoms with Gasteiger partial charge in [-0.05, 0) is 26.7 Å². The third-order valence-corrected chi connectivity index (χ3v) is 4.21. The fraction of sp³-hybridized carbons (Fsp3) is 0.917. The molecule has 1 atom stereocenters. The van der Waals surface area contributed by atoms with Crippen LogP contribution >= 0.6 is 7.60 Å². The molecule has 0 amide bonds. The Morgan fingerprint density at radius 3 is 1.95 bits per heavy atom. The largest absolute Gasteiger partial charge is 0.463 e. The summed E-state index contributed by atoms with van der Waals surface area (Å²) < 4.78 is 33.2. The minimum atomic E-state index is -3.65. The molecule has 0 aromatic heterocycles. The van der Waals surface area contributed by atoms with Gasteiger partial charge in [-0.25, -0.2) is 4.79 Å². The summed E-state index contributed by atoms with van der Waals surface area (Å²) in [4.78, 5) is 11.9. The second-order valence-corrected chi connectivity index (χ2v) is 5.83. The van der Waals surface area contributed by atoms with Crippen LogP contribution in [0.4, 0.5) is 0 Å². The van der Waals surface area contributed by atoms with E-state index in [0.717, 1.165) is 0 Å². The van der Waals surface area contributed by atoms with E-state index in [4.69, 9.17) is 18.5 Å². The quantitative estimate of drug-likeness (QED) is 0.431. The molecule has 6 nitrogen and oxygen atoms in total. The van der Waals surface area contributed by atoms with Crippen molar-refractivity contribution in [3.8, 4) is 0 Å². The third-order valence-electron chi connectivity index (χ3n) is 2.04. The van der Waals surface area contributed by atoms with Crippen LogP contribution in [0.15, 0.2) is 0 Å². The molecular formula is C12H25O6P. The van der Waals surface area contributed by atoms with Gasteiger partial charge in [0.05, 0.1) is 19.8 Å². The van der Waals surface area contributed by atoms with Crippen molar-refractivity contribution in [1.82, 2.24) is 0 Å². The number of carbonyl (C=O) groups excluding carboxylic acids is 1. The van der Waals surface area contributed by atoms with Crippen LogP contribution in [0.1, 0.15) is 40.5 Å². The zero-order chi connectivity index (χ0) is 14.7. The third kappa shape index (κ3) is 6.52. The van der Waals surface area contributed by atoms with Crippen LogP contribution in [0.2, 0.25) is 0 Å². The summed E-state index contributed by atoms with van der Waals surface area (Å²) in [6, 6.07) is 0. The van der Waals surface area contributed by atoms with E-state index in [1.165, 1.54) is 0 Å². The van der Waals surface area contributed by atoms with E-state index in [-0.39, 0.29) is 26.4 Å². The van der Waals surface area contributed by atoms with Gasteiger partial charge in [0.15, 0.2) is 0 Å². The van der Waals surface area contributed by atoms with Crippen LogP contribution in [-0.4, -0.2) is 38.2 Å². The van der Waals surface area contributed by atoms with Crippen LogP contribution in [0.3, 0.4) is 0 Å². The Kier molecular flexibility index (Phi) is 10.1. The summed E-state index contributed by atoms with van der Waals surface area (Å²) in [7, 11) is -3.65. The fourth-order valence-corrected chi connectivity index (χ4v) is 3.01. The normalized spacial score (nSPS) is 13.3. The molecule has 0 rings (SSSR count). The molecule has 19 heavy (non-hydrogen) atoms. The molecule has 0 aromatic carbocycles. The van der Waals surface area contributed by atoms with E-state index in [0.29, 0.717) is 12.8 Å². The SMILES string of the molecule is CCCOC(=O)C(OCCC)P(=O)(OCC)OCC. The lowest BCUT2D eigenvalue weighted by atomic mass is 10.5. The van der Waals surface area contributed by atoms with Crippen LogP contribution in [-0.2, 0) is 27.9 Å². The zero-order valence-corrected chi connectivity index (χ0v) is 13.1. The van der Waals surface area contributed by atoms with Crippen LogP contribution < -0.4 is 0 Å². The van der Waals surface area contributed by atoms with Crippen molar-refractivity contribution in [3.63, 3.8) is 0 Å². The number of carbonyl (C=O) groups is 1.